The van der Waals surface area contributed by atoms with Crippen molar-refractivity contribution in [1.29, 1.82) is 5.26 Å². The highest BCUT2D eigenvalue weighted by atomic mass is 32.2. The van der Waals surface area contributed by atoms with E-state index in [-0.39, 0.29) is 0 Å². The Morgan fingerprint density at radius 1 is 1.37 bits per heavy atom. The van der Waals surface area contributed by atoms with Gasteiger partial charge in [-0.1, -0.05) is 19.4 Å². The zero-order valence-corrected chi connectivity index (χ0v) is 17.1. The van der Waals surface area contributed by atoms with Gasteiger partial charge in [-0.25, -0.2) is 0 Å². The smallest absolute Gasteiger partial charge is 0.312 e. The lowest BCUT2D eigenvalue weighted by molar-refractivity contribution is -0.0406. The molecule has 8 heteroatoms. The van der Waals surface area contributed by atoms with E-state index >= 15 is 0 Å². The van der Waals surface area contributed by atoms with E-state index in [0.29, 0.717) is 10.6 Å². The molecular weight excluding hydrogens is 384 g/mol. The maximum atomic E-state index is 11.5. The van der Waals surface area contributed by atoms with Crippen molar-refractivity contribution < 1.29 is 17.7 Å². The molecule has 1 aliphatic rings. The fourth-order valence-corrected chi connectivity index (χ4v) is 4.86. The van der Waals surface area contributed by atoms with Gasteiger partial charge in [-0.05, 0) is 56.0 Å². The molecule has 0 radical (unpaired) electrons. The van der Waals surface area contributed by atoms with E-state index in [2.05, 4.69) is 18.3 Å². The van der Waals surface area contributed by atoms with Crippen molar-refractivity contribution >= 4 is 27.1 Å². The summed E-state index contributed by atoms with van der Waals surface area (Å²) in [6.45, 7) is 5.66. The first-order valence-corrected chi connectivity index (χ1v) is 11.1. The summed E-state index contributed by atoms with van der Waals surface area (Å²) in [7, 11) is -4.39. The molecule has 27 heavy (non-hydrogen) atoms. The van der Waals surface area contributed by atoms with Gasteiger partial charge >= 0.3 is 10.1 Å². The van der Waals surface area contributed by atoms with E-state index in [1.54, 1.807) is 19.9 Å². The molecule has 1 aliphatic heterocycles. The summed E-state index contributed by atoms with van der Waals surface area (Å²) in [6, 6.07) is 9.83. The fourth-order valence-electron chi connectivity index (χ4n) is 3.21. The van der Waals surface area contributed by atoms with Crippen LogP contribution in [0.25, 0.3) is 10.4 Å². The third-order valence-corrected chi connectivity index (χ3v) is 6.48. The topological polar surface area (TPSA) is 99.4 Å². The van der Waals surface area contributed by atoms with Gasteiger partial charge < -0.3 is 10.1 Å². The van der Waals surface area contributed by atoms with Crippen molar-refractivity contribution in [3.63, 3.8) is 0 Å². The number of benzene rings is 1. The number of unbranched alkanes of at least 4 members (excludes halogenated alkanes) is 1. The first kappa shape index (κ1) is 19.8. The van der Waals surface area contributed by atoms with Gasteiger partial charge in [0.2, 0.25) is 0 Å². The normalized spacial score (nSPS) is 18.4. The van der Waals surface area contributed by atoms with E-state index in [4.69, 9.17) is 4.74 Å². The molecule has 1 unspecified atom stereocenters. The number of fused-ring (bicyclic) bond motifs is 1. The Morgan fingerprint density at radius 2 is 2.11 bits per heavy atom. The number of aryl methyl sites for hydroxylation is 1. The second-order valence-corrected chi connectivity index (χ2v) is 9.57. The molecule has 1 atom stereocenters. The summed E-state index contributed by atoms with van der Waals surface area (Å²) in [6.07, 6.45) is 3.03. The Kier molecular flexibility index (Phi) is 5.32. The Balaban J connectivity index is 2.05. The van der Waals surface area contributed by atoms with Crippen LogP contribution in [-0.4, -0.2) is 18.5 Å². The van der Waals surface area contributed by atoms with E-state index in [1.807, 2.05) is 18.2 Å². The minimum atomic E-state index is -4.39. The van der Waals surface area contributed by atoms with Crippen LogP contribution in [-0.2, 0) is 26.9 Å². The van der Waals surface area contributed by atoms with Crippen LogP contribution in [0.3, 0.4) is 0 Å². The average Bonchev–Trinajstić information content (AvgIpc) is 3.01. The van der Waals surface area contributed by atoms with Crippen LogP contribution in [0.1, 0.15) is 49.6 Å². The molecule has 0 fully saturated rings. The van der Waals surface area contributed by atoms with Crippen LogP contribution < -0.4 is 5.32 Å². The SMILES string of the molecule is CCCCc1cc(C#N)sc1-c1ccc2c(c1)C(C)(C)OC(S(=O)(=O)O)N2. The lowest BCUT2D eigenvalue weighted by atomic mass is 9.92. The number of nitrogens with one attached hydrogen (secondary N) is 1. The molecule has 2 heterocycles. The fraction of sp³-hybridized carbons (Fsp3) is 0.421. The summed E-state index contributed by atoms with van der Waals surface area (Å²) in [5.74, 6) is 0. The van der Waals surface area contributed by atoms with Crippen LogP contribution in [0.4, 0.5) is 5.69 Å². The number of hydrogen-bond acceptors (Lipinski definition) is 6. The quantitative estimate of drug-likeness (QED) is 0.710. The van der Waals surface area contributed by atoms with Crippen LogP contribution in [0.5, 0.6) is 0 Å². The van der Waals surface area contributed by atoms with Crippen molar-refractivity contribution in [1.82, 2.24) is 0 Å². The third kappa shape index (κ3) is 4.01. The van der Waals surface area contributed by atoms with Crippen molar-refractivity contribution in [2.75, 3.05) is 5.32 Å². The second-order valence-electron chi connectivity index (χ2n) is 7.06. The molecule has 0 amide bonds. The molecule has 3 rings (SSSR count). The molecule has 2 N–H and O–H groups in total. The summed E-state index contributed by atoms with van der Waals surface area (Å²) in [4.78, 5) is 1.73. The summed E-state index contributed by atoms with van der Waals surface area (Å²) < 4.78 is 37.9. The molecule has 0 aliphatic carbocycles. The number of rotatable bonds is 5. The highest BCUT2D eigenvalue weighted by molar-refractivity contribution is 7.86. The Bertz CT molecular complexity index is 1000. The standard InChI is InChI=1S/C19H22N2O4S2/c1-4-5-6-12-9-14(11-20)26-17(12)13-7-8-16-15(10-13)19(2,3)25-18(21-16)27(22,23)24/h7-10,18,21H,4-6H2,1-3H3,(H,22,23,24). The Morgan fingerprint density at radius 3 is 2.74 bits per heavy atom. The minimum absolute atomic E-state index is 0.602. The highest BCUT2D eigenvalue weighted by Crippen LogP contribution is 2.42. The van der Waals surface area contributed by atoms with Gasteiger partial charge in [-0.2, -0.15) is 13.7 Å². The van der Waals surface area contributed by atoms with Gasteiger partial charge in [-0.3, -0.25) is 4.55 Å². The van der Waals surface area contributed by atoms with E-state index < -0.39 is 21.3 Å². The van der Waals surface area contributed by atoms with Gasteiger partial charge in [0.05, 0.1) is 5.60 Å². The minimum Gasteiger partial charge on any atom is -0.345 e. The molecule has 6 nitrogen and oxygen atoms in total. The number of nitriles is 1. The monoisotopic (exact) mass is 406 g/mol. The van der Waals surface area contributed by atoms with E-state index in [0.717, 1.165) is 40.8 Å². The second kappa shape index (κ2) is 7.24. The van der Waals surface area contributed by atoms with Gasteiger partial charge in [0.15, 0.2) is 0 Å². The van der Waals surface area contributed by atoms with E-state index in [9.17, 15) is 18.2 Å². The average molecular weight is 407 g/mol. The molecule has 0 saturated heterocycles. The van der Waals surface area contributed by atoms with Crippen molar-refractivity contribution in [3.05, 3.63) is 40.3 Å². The number of hydrogen-bond donors (Lipinski definition) is 2. The van der Waals surface area contributed by atoms with Gasteiger partial charge in [0.1, 0.15) is 10.9 Å². The molecule has 0 bridgehead atoms. The number of anilines is 1. The zero-order chi connectivity index (χ0) is 19.8. The first-order chi connectivity index (χ1) is 12.7. The maximum Gasteiger partial charge on any atom is 0.312 e. The number of nitrogens with zero attached hydrogens (tertiary/aromatic N) is 1. The predicted molar refractivity (Wildman–Crippen MR) is 106 cm³/mol. The van der Waals surface area contributed by atoms with Crippen LogP contribution in [0.2, 0.25) is 0 Å². The molecule has 1 aromatic heterocycles. The lowest BCUT2D eigenvalue weighted by Gasteiger charge is -2.37. The largest absolute Gasteiger partial charge is 0.345 e. The van der Waals surface area contributed by atoms with Crippen molar-refractivity contribution in [3.8, 4) is 16.5 Å². The number of thiophene rings is 1. The lowest BCUT2D eigenvalue weighted by Crippen LogP contribution is -2.43. The highest BCUT2D eigenvalue weighted by Gasteiger charge is 2.39. The molecule has 144 valence electrons. The number of ether oxygens (including phenoxy) is 1. The predicted octanol–water partition coefficient (Wildman–Crippen LogP) is 4.48. The first-order valence-electron chi connectivity index (χ1n) is 8.74. The molecule has 0 spiro atoms. The van der Waals surface area contributed by atoms with Crippen LogP contribution >= 0.6 is 11.3 Å². The van der Waals surface area contributed by atoms with E-state index in [1.165, 1.54) is 11.3 Å². The van der Waals surface area contributed by atoms with Crippen molar-refractivity contribution in [2.24, 2.45) is 0 Å². The molecule has 0 saturated carbocycles. The van der Waals surface area contributed by atoms with Crippen LogP contribution in [0, 0.1) is 11.3 Å². The van der Waals surface area contributed by atoms with Crippen LogP contribution in [0.15, 0.2) is 24.3 Å². The summed E-state index contributed by atoms with van der Waals surface area (Å²) in [5.41, 5.74) is 1.11. The summed E-state index contributed by atoms with van der Waals surface area (Å²) >= 11 is 1.46. The van der Waals surface area contributed by atoms with Gasteiger partial charge in [0, 0.05) is 16.1 Å². The third-order valence-electron chi connectivity index (χ3n) is 4.59. The molecule has 1 aromatic carbocycles. The zero-order valence-electron chi connectivity index (χ0n) is 15.4. The Labute approximate surface area is 163 Å². The van der Waals surface area contributed by atoms with Gasteiger partial charge in [0.25, 0.3) is 5.56 Å². The molecular formula is C19H22N2O4S2. The van der Waals surface area contributed by atoms with Crippen molar-refractivity contribution in [2.45, 2.75) is 51.2 Å². The molecule has 2 aromatic rings. The maximum absolute atomic E-state index is 11.5. The summed E-state index contributed by atoms with van der Waals surface area (Å²) in [5, 5.41) is 12.0. The van der Waals surface area contributed by atoms with Gasteiger partial charge in [-0.15, -0.1) is 11.3 Å². The Hall–Kier alpha value is -1.92.